The van der Waals surface area contributed by atoms with Gasteiger partial charge in [-0.05, 0) is 74.9 Å². The van der Waals surface area contributed by atoms with Crippen LogP contribution in [0, 0.1) is 6.92 Å². The molecule has 3 aromatic rings. The summed E-state index contributed by atoms with van der Waals surface area (Å²) in [5.41, 5.74) is 15.5. The summed E-state index contributed by atoms with van der Waals surface area (Å²) in [6.07, 6.45) is 4.48. The van der Waals surface area contributed by atoms with E-state index in [1.165, 1.54) is 0 Å². The fourth-order valence-corrected chi connectivity index (χ4v) is 5.75. The second-order valence-electron chi connectivity index (χ2n) is 10.7. The van der Waals surface area contributed by atoms with E-state index < -0.39 is 17.9 Å². The van der Waals surface area contributed by atoms with Crippen LogP contribution in [0.1, 0.15) is 65.7 Å². The maximum absolute atomic E-state index is 12.9. The lowest BCUT2D eigenvalue weighted by molar-refractivity contribution is -0.139. The molecule has 7 N–H and O–H groups in total. The van der Waals surface area contributed by atoms with Gasteiger partial charge in [-0.25, -0.2) is 4.79 Å². The van der Waals surface area contributed by atoms with E-state index in [9.17, 15) is 14.7 Å². The summed E-state index contributed by atoms with van der Waals surface area (Å²) in [6, 6.07) is 10.6. The number of hydrogen-bond acceptors (Lipinski definition) is 6. The molecule has 1 aromatic heterocycles. The number of carboxylic acid groups (broad SMARTS) is 1. The molecule has 0 radical (unpaired) electrons. The third kappa shape index (κ3) is 7.40. The van der Waals surface area contributed by atoms with Crippen molar-refractivity contribution in [2.45, 2.75) is 64.3 Å². The molecule has 1 aliphatic heterocycles. The summed E-state index contributed by atoms with van der Waals surface area (Å²) in [7, 11) is 1.71. The monoisotopic (exact) mass is 578 g/mol. The number of piperidine rings is 1. The first-order chi connectivity index (χ1) is 20.2. The van der Waals surface area contributed by atoms with Crippen molar-refractivity contribution in [2.75, 3.05) is 26.8 Å². The van der Waals surface area contributed by atoms with Crippen LogP contribution in [0.3, 0.4) is 0 Å². The molecule has 226 valence electrons. The number of aromatic nitrogens is 1. The highest BCUT2D eigenvalue weighted by molar-refractivity contribution is 5.96. The molecule has 0 aliphatic carbocycles. The second-order valence-corrected chi connectivity index (χ2v) is 10.7. The van der Waals surface area contributed by atoms with Crippen LogP contribution in [0.25, 0.3) is 10.9 Å². The number of aromatic amines is 1. The number of H-pyrrole nitrogens is 1. The summed E-state index contributed by atoms with van der Waals surface area (Å²) in [6.45, 7) is 6.58. The van der Waals surface area contributed by atoms with Crippen molar-refractivity contribution in [1.29, 1.82) is 0 Å². The van der Waals surface area contributed by atoms with Crippen LogP contribution in [-0.2, 0) is 16.1 Å². The van der Waals surface area contributed by atoms with Crippen LogP contribution in [0.4, 0.5) is 0 Å². The first kappa shape index (κ1) is 30.9. The van der Waals surface area contributed by atoms with Crippen molar-refractivity contribution in [2.24, 2.45) is 16.5 Å². The summed E-state index contributed by atoms with van der Waals surface area (Å²) in [5, 5.41) is 13.4. The van der Waals surface area contributed by atoms with Gasteiger partial charge in [0.1, 0.15) is 11.8 Å². The largest absolute Gasteiger partial charge is 0.496 e. The smallest absolute Gasteiger partial charge is 0.326 e. The van der Waals surface area contributed by atoms with Gasteiger partial charge in [-0.2, -0.15) is 0 Å². The van der Waals surface area contributed by atoms with Crippen molar-refractivity contribution in [3.8, 4) is 5.75 Å². The molecule has 1 fully saturated rings. The quantitative estimate of drug-likeness (QED) is 0.117. The Labute approximate surface area is 246 Å². The standard InChI is InChI=1S/C31H42N6O5/c1-4-42-22-12-15-37(18-24-23-11-14-34-28(23)19(2)16-27(24)41-3)26(17-22)20-7-9-21(10-8-20)29(38)36-25(30(39)40)6-5-13-35-31(32)33/h7-11,14,16,22,25-26,34H,4-6,12-13,15,17-18H2,1-3H3,(H,36,38)(H,39,40)(H4,32,33,35)/t22-,25-,26-/m0/s1. The molecule has 2 heterocycles. The molecular formula is C31H42N6O5. The maximum atomic E-state index is 12.9. The van der Waals surface area contributed by atoms with E-state index in [1.807, 2.05) is 25.3 Å². The number of aliphatic imine (C=N–C) groups is 1. The van der Waals surface area contributed by atoms with Gasteiger partial charge in [0.15, 0.2) is 5.96 Å². The molecule has 11 heteroatoms. The third-order valence-corrected chi connectivity index (χ3v) is 7.87. The molecule has 4 rings (SSSR count). The van der Waals surface area contributed by atoms with Gasteiger partial charge in [-0.1, -0.05) is 12.1 Å². The maximum Gasteiger partial charge on any atom is 0.326 e. The van der Waals surface area contributed by atoms with Gasteiger partial charge in [0, 0.05) is 60.5 Å². The van der Waals surface area contributed by atoms with Crippen molar-refractivity contribution in [1.82, 2.24) is 15.2 Å². The van der Waals surface area contributed by atoms with E-state index >= 15 is 0 Å². The summed E-state index contributed by atoms with van der Waals surface area (Å²) in [5.74, 6) is -0.732. The zero-order valence-corrected chi connectivity index (χ0v) is 24.6. The fraction of sp³-hybridized carbons (Fsp3) is 0.452. The molecule has 42 heavy (non-hydrogen) atoms. The van der Waals surface area contributed by atoms with Crippen LogP contribution in [0.15, 0.2) is 47.6 Å². The number of aryl methyl sites for hydroxylation is 1. The van der Waals surface area contributed by atoms with Gasteiger partial charge < -0.3 is 36.3 Å². The zero-order valence-electron chi connectivity index (χ0n) is 24.6. The molecule has 1 amide bonds. The van der Waals surface area contributed by atoms with Crippen molar-refractivity contribution in [3.05, 3.63) is 64.8 Å². The number of nitrogens with two attached hydrogens (primary N) is 2. The number of rotatable bonds is 13. The average Bonchev–Trinajstić information content (AvgIpc) is 3.47. The molecule has 2 aromatic carbocycles. The number of benzene rings is 2. The number of aliphatic carboxylic acids is 1. The number of nitrogens with one attached hydrogen (secondary N) is 2. The minimum Gasteiger partial charge on any atom is -0.496 e. The molecule has 1 saturated heterocycles. The minimum atomic E-state index is -1.10. The van der Waals surface area contributed by atoms with Crippen molar-refractivity contribution in [3.63, 3.8) is 0 Å². The van der Waals surface area contributed by atoms with E-state index in [-0.39, 0.29) is 24.5 Å². The fourth-order valence-electron chi connectivity index (χ4n) is 5.75. The van der Waals surface area contributed by atoms with Crippen LogP contribution in [0.5, 0.6) is 5.75 Å². The zero-order chi connectivity index (χ0) is 30.2. The van der Waals surface area contributed by atoms with Gasteiger partial charge in [-0.15, -0.1) is 0 Å². The molecular weight excluding hydrogens is 536 g/mol. The predicted octanol–water partition coefficient (Wildman–Crippen LogP) is 3.46. The minimum absolute atomic E-state index is 0.0501. The third-order valence-electron chi connectivity index (χ3n) is 7.87. The molecule has 11 nitrogen and oxygen atoms in total. The Morgan fingerprint density at radius 3 is 2.67 bits per heavy atom. The van der Waals surface area contributed by atoms with E-state index in [0.717, 1.165) is 52.7 Å². The summed E-state index contributed by atoms with van der Waals surface area (Å²) < 4.78 is 11.8. The number of methoxy groups -OCH3 is 1. The molecule has 0 spiro atoms. The molecule has 0 saturated carbocycles. The number of guanidine groups is 1. The van der Waals surface area contributed by atoms with E-state index in [1.54, 1.807) is 19.2 Å². The van der Waals surface area contributed by atoms with Crippen LogP contribution < -0.4 is 21.5 Å². The molecule has 1 aliphatic rings. The summed E-state index contributed by atoms with van der Waals surface area (Å²) >= 11 is 0. The van der Waals surface area contributed by atoms with Gasteiger partial charge in [-0.3, -0.25) is 14.7 Å². The predicted molar refractivity (Wildman–Crippen MR) is 163 cm³/mol. The van der Waals surface area contributed by atoms with Gasteiger partial charge in [0.05, 0.1) is 13.2 Å². The lowest BCUT2D eigenvalue weighted by Crippen LogP contribution is -2.41. The van der Waals surface area contributed by atoms with E-state index in [2.05, 4.69) is 39.2 Å². The van der Waals surface area contributed by atoms with Crippen LogP contribution >= 0.6 is 0 Å². The number of nitrogens with zero attached hydrogens (tertiary/aromatic N) is 2. The Hall–Kier alpha value is -4.09. The van der Waals surface area contributed by atoms with E-state index in [4.69, 9.17) is 20.9 Å². The number of fused-ring (bicyclic) bond motifs is 1. The highest BCUT2D eigenvalue weighted by Gasteiger charge is 2.31. The second kappa shape index (κ2) is 14.2. The lowest BCUT2D eigenvalue weighted by Gasteiger charge is -2.40. The van der Waals surface area contributed by atoms with Gasteiger partial charge in [0.2, 0.25) is 0 Å². The average molecular weight is 579 g/mol. The Bertz CT molecular complexity index is 1400. The summed E-state index contributed by atoms with van der Waals surface area (Å²) in [4.78, 5) is 34.3. The number of carbonyl (C=O) groups is 2. The van der Waals surface area contributed by atoms with Crippen LogP contribution in [0.2, 0.25) is 0 Å². The Kier molecular flexibility index (Phi) is 10.4. The first-order valence-corrected chi connectivity index (χ1v) is 14.4. The number of likely N-dealkylation sites (tertiary alicyclic amines) is 1. The normalized spacial score (nSPS) is 18.0. The van der Waals surface area contributed by atoms with Crippen LogP contribution in [-0.4, -0.2) is 71.8 Å². The number of carboxylic acids is 1. The topological polar surface area (TPSA) is 168 Å². The van der Waals surface area contributed by atoms with Gasteiger partial charge >= 0.3 is 5.97 Å². The number of amides is 1. The molecule has 0 bridgehead atoms. The highest BCUT2D eigenvalue weighted by atomic mass is 16.5. The van der Waals surface area contributed by atoms with Crippen molar-refractivity contribution < 1.29 is 24.2 Å². The molecule has 3 atom stereocenters. The highest BCUT2D eigenvalue weighted by Crippen LogP contribution is 2.38. The first-order valence-electron chi connectivity index (χ1n) is 14.4. The Balaban J connectivity index is 1.53. The number of hydrogen-bond donors (Lipinski definition) is 5. The van der Waals surface area contributed by atoms with Crippen molar-refractivity contribution >= 4 is 28.7 Å². The number of ether oxygens (including phenoxy) is 2. The van der Waals surface area contributed by atoms with E-state index in [0.29, 0.717) is 31.7 Å². The Morgan fingerprint density at radius 2 is 2.00 bits per heavy atom. The molecule has 0 unspecified atom stereocenters. The SMILES string of the molecule is CCO[C@H]1CCN(Cc2c(OC)cc(C)c3[nH]ccc23)[C@H](c2ccc(C(=O)N[C@@H](CCCN=C(N)N)C(=O)O)cc2)C1. The number of carbonyl (C=O) groups excluding carboxylic acids is 1. The van der Waals surface area contributed by atoms with Gasteiger partial charge in [0.25, 0.3) is 5.91 Å². The Morgan fingerprint density at radius 1 is 1.24 bits per heavy atom. The lowest BCUT2D eigenvalue weighted by atomic mass is 9.91.